The first-order valence-corrected chi connectivity index (χ1v) is 7.15. The number of carbonyl (C=O) groups excluding carboxylic acids is 1. The van der Waals surface area contributed by atoms with Crippen molar-refractivity contribution in [2.24, 2.45) is 0 Å². The Hall–Kier alpha value is -1.92. The summed E-state index contributed by atoms with van der Waals surface area (Å²) in [6.07, 6.45) is 3.25. The highest BCUT2D eigenvalue weighted by Gasteiger charge is 2.22. The number of benzene rings is 1. The van der Waals surface area contributed by atoms with Gasteiger partial charge in [0.25, 0.3) is 5.91 Å². The number of methoxy groups -OCH3 is 1. The summed E-state index contributed by atoms with van der Waals surface area (Å²) in [7, 11) is 1.51. The van der Waals surface area contributed by atoms with Gasteiger partial charge in [-0.2, -0.15) is 0 Å². The average Bonchev–Trinajstić information content (AvgIpc) is 2.75. The van der Waals surface area contributed by atoms with Crippen LogP contribution in [0, 0.1) is 5.41 Å². The van der Waals surface area contributed by atoms with Crippen LogP contribution in [-0.2, 0) is 4.79 Å². The first-order chi connectivity index (χ1) is 10.0. The fourth-order valence-corrected chi connectivity index (χ4v) is 2.67. The Morgan fingerprint density at radius 1 is 1.52 bits per heavy atom. The molecule has 0 radical (unpaired) electrons. The number of thioether (sulfide) groups is 1. The number of ether oxygens (including phenoxy) is 2. The molecule has 1 amide bonds. The van der Waals surface area contributed by atoms with E-state index in [2.05, 4.69) is 11.9 Å². The van der Waals surface area contributed by atoms with Crippen molar-refractivity contribution in [2.75, 3.05) is 13.7 Å². The Kier molecular flexibility index (Phi) is 4.93. The molecular weight excluding hydrogens is 312 g/mol. The lowest BCUT2D eigenvalue weighted by Gasteiger charge is -2.12. The lowest BCUT2D eigenvalue weighted by atomic mass is 10.2. The number of hydrogen-bond acceptors (Lipinski definition) is 5. The van der Waals surface area contributed by atoms with Gasteiger partial charge in [-0.3, -0.25) is 10.2 Å². The fraction of sp³-hybridized carbons (Fsp3) is 0.143. The summed E-state index contributed by atoms with van der Waals surface area (Å²) < 4.78 is 10.7. The van der Waals surface area contributed by atoms with E-state index >= 15 is 0 Å². The molecule has 21 heavy (non-hydrogen) atoms. The second-order valence-corrected chi connectivity index (χ2v) is 5.49. The van der Waals surface area contributed by atoms with Crippen LogP contribution in [0.2, 0.25) is 5.02 Å². The molecular formula is C14H13ClN2O3S. The van der Waals surface area contributed by atoms with Crippen LogP contribution in [0.5, 0.6) is 11.5 Å². The Morgan fingerprint density at radius 3 is 2.86 bits per heavy atom. The minimum absolute atomic E-state index is 0.107. The van der Waals surface area contributed by atoms with E-state index in [0.29, 0.717) is 33.6 Å². The summed E-state index contributed by atoms with van der Waals surface area (Å²) in [5.41, 5.74) is 0.690. The molecule has 1 heterocycles. The summed E-state index contributed by atoms with van der Waals surface area (Å²) in [5.74, 6) is 0.597. The Morgan fingerprint density at radius 2 is 2.29 bits per heavy atom. The molecule has 110 valence electrons. The van der Waals surface area contributed by atoms with Crippen LogP contribution in [0.3, 0.4) is 0 Å². The third-order valence-corrected chi connectivity index (χ3v) is 3.67. The van der Waals surface area contributed by atoms with Crippen molar-refractivity contribution in [3.8, 4) is 11.5 Å². The molecule has 1 fully saturated rings. The van der Waals surface area contributed by atoms with E-state index in [-0.39, 0.29) is 11.1 Å². The van der Waals surface area contributed by atoms with Gasteiger partial charge in [0, 0.05) is 0 Å². The summed E-state index contributed by atoms with van der Waals surface area (Å²) in [4.78, 5) is 12.0. The monoisotopic (exact) mass is 324 g/mol. The van der Waals surface area contributed by atoms with E-state index < -0.39 is 0 Å². The van der Waals surface area contributed by atoms with Gasteiger partial charge in [0.2, 0.25) is 0 Å². The van der Waals surface area contributed by atoms with Crippen molar-refractivity contribution in [2.45, 2.75) is 0 Å². The van der Waals surface area contributed by atoms with Gasteiger partial charge < -0.3 is 14.8 Å². The first kappa shape index (κ1) is 15.5. The predicted octanol–water partition coefficient (Wildman–Crippen LogP) is 3.05. The van der Waals surface area contributed by atoms with E-state index in [4.69, 9.17) is 26.5 Å². The van der Waals surface area contributed by atoms with Gasteiger partial charge in [0.1, 0.15) is 6.61 Å². The number of hydrogen-bond donors (Lipinski definition) is 2. The van der Waals surface area contributed by atoms with Crippen molar-refractivity contribution in [1.82, 2.24) is 5.32 Å². The minimum atomic E-state index is -0.299. The van der Waals surface area contributed by atoms with Gasteiger partial charge in [-0.1, -0.05) is 24.3 Å². The molecule has 0 aromatic heterocycles. The molecule has 0 aliphatic carbocycles. The van der Waals surface area contributed by atoms with Crippen LogP contribution < -0.4 is 14.8 Å². The molecule has 5 nitrogen and oxygen atoms in total. The second-order valence-electron chi connectivity index (χ2n) is 4.03. The minimum Gasteiger partial charge on any atom is -0.493 e. The fourth-order valence-electron chi connectivity index (χ4n) is 1.70. The standard InChI is InChI=1S/C14H13ClN2O3S/c1-3-4-20-12-9(15)5-8(6-10(12)19-2)7-11-13(18)17-14(16)21-11/h3,5-7H,1,4H2,2H3,(H2,16,17,18). The first-order valence-electron chi connectivity index (χ1n) is 5.96. The van der Waals surface area contributed by atoms with Crippen LogP contribution in [0.15, 0.2) is 29.7 Å². The van der Waals surface area contributed by atoms with Crippen LogP contribution in [0.25, 0.3) is 6.08 Å². The topological polar surface area (TPSA) is 71.4 Å². The maximum absolute atomic E-state index is 11.6. The molecule has 0 atom stereocenters. The molecule has 2 rings (SSSR count). The predicted molar refractivity (Wildman–Crippen MR) is 85.1 cm³/mol. The zero-order valence-electron chi connectivity index (χ0n) is 11.2. The van der Waals surface area contributed by atoms with Gasteiger partial charge >= 0.3 is 0 Å². The highest BCUT2D eigenvalue weighted by molar-refractivity contribution is 8.18. The number of halogens is 1. The van der Waals surface area contributed by atoms with Crippen LogP contribution in [0.4, 0.5) is 0 Å². The van der Waals surface area contributed by atoms with E-state index in [1.54, 1.807) is 24.3 Å². The number of amides is 1. The van der Waals surface area contributed by atoms with Crippen molar-refractivity contribution in [1.29, 1.82) is 5.41 Å². The number of nitrogens with one attached hydrogen (secondary N) is 2. The Bertz CT molecular complexity index is 643. The Balaban J connectivity index is 2.36. The zero-order valence-corrected chi connectivity index (χ0v) is 12.8. The summed E-state index contributed by atoms with van der Waals surface area (Å²) in [5, 5.41) is 10.3. The van der Waals surface area contributed by atoms with Gasteiger partial charge in [-0.25, -0.2) is 0 Å². The number of carbonyl (C=O) groups is 1. The average molecular weight is 325 g/mol. The molecule has 1 aromatic carbocycles. The largest absolute Gasteiger partial charge is 0.493 e. The number of amidine groups is 1. The Labute approximate surface area is 131 Å². The molecule has 1 aromatic rings. The van der Waals surface area contributed by atoms with E-state index in [9.17, 15) is 4.79 Å². The van der Waals surface area contributed by atoms with Gasteiger partial charge in [0.05, 0.1) is 17.0 Å². The maximum Gasteiger partial charge on any atom is 0.264 e. The molecule has 1 saturated heterocycles. The van der Waals surface area contributed by atoms with Gasteiger partial charge in [0.15, 0.2) is 16.7 Å². The molecule has 1 aliphatic heterocycles. The third kappa shape index (κ3) is 3.59. The molecule has 0 unspecified atom stereocenters. The van der Waals surface area contributed by atoms with Gasteiger partial charge in [-0.05, 0) is 35.5 Å². The highest BCUT2D eigenvalue weighted by Crippen LogP contribution is 2.37. The molecule has 0 spiro atoms. The van der Waals surface area contributed by atoms with E-state index in [1.165, 1.54) is 7.11 Å². The summed E-state index contributed by atoms with van der Waals surface area (Å²) >= 11 is 7.24. The van der Waals surface area contributed by atoms with Crippen molar-refractivity contribution >= 4 is 40.5 Å². The molecule has 1 aliphatic rings. The number of rotatable bonds is 5. The maximum atomic E-state index is 11.6. The van der Waals surface area contributed by atoms with Crippen molar-refractivity contribution < 1.29 is 14.3 Å². The third-order valence-electron chi connectivity index (χ3n) is 2.56. The highest BCUT2D eigenvalue weighted by atomic mass is 35.5. The molecule has 7 heteroatoms. The summed E-state index contributed by atoms with van der Waals surface area (Å²) in [6.45, 7) is 3.89. The van der Waals surface area contributed by atoms with Crippen LogP contribution in [-0.4, -0.2) is 24.8 Å². The summed E-state index contributed by atoms with van der Waals surface area (Å²) in [6, 6.07) is 3.39. The van der Waals surface area contributed by atoms with Gasteiger partial charge in [-0.15, -0.1) is 0 Å². The quantitative estimate of drug-likeness (QED) is 0.645. The second kappa shape index (κ2) is 6.69. The zero-order chi connectivity index (χ0) is 15.4. The lowest BCUT2D eigenvalue weighted by Crippen LogP contribution is -2.18. The van der Waals surface area contributed by atoms with Crippen LogP contribution >= 0.6 is 23.4 Å². The normalized spacial score (nSPS) is 16.0. The van der Waals surface area contributed by atoms with E-state index in [0.717, 1.165) is 11.8 Å². The van der Waals surface area contributed by atoms with Crippen molar-refractivity contribution in [3.63, 3.8) is 0 Å². The smallest absolute Gasteiger partial charge is 0.264 e. The molecule has 2 N–H and O–H groups in total. The lowest BCUT2D eigenvalue weighted by molar-refractivity contribution is -0.115. The SMILES string of the molecule is C=CCOc1c(Cl)cc(C=C2SC(=N)NC2=O)cc1OC. The molecule has 0 bridgehead atoms. The van der Waals surface area contributed by atoms with E-state index in [1.807, 2.05) is 0 Å². The van der Waals surface area contributed by atoms with Crippen LogP contribution in [0.1, 0.15) is 5.56 Å². The van der Waals surface area contributed by atoms with Crippen molar-refractivity contribution in [3.05, 3.63) is 40.3 Å². The molecule has 0 saturated carbocycles.